The molecule has 0 saturated heterocycles. The van der Waals surface area contributed by atoms with Crippen LogP contribution in [0, 0.1) is 19.8 Å². The van der Waals surface area contributed by atoms with E-state index in [-0.39, 0.29) is 5.91 Å². The predicted molar refractivity (Wildman–Crippen MR) is 106 cm³/mol. The first kappa shape index (κ1) is 19.3. The van der Waals surface area contributed by atoms with E-state index in [9.17, 15) is 4.79 Å². The number of carbonyl (C=O) groups excluding carboxylic acids is 1. The van der Waals surface area contributed by atoms with Crippen LogP contribution in [-0.2, 0) is 13.0 Å². The number of hydrogen-bond donors (Lipinski definition) is 1. The first-order valence-electron chi connectivity index (χ1n) is 9.45. The van der Waals surface area contributed by atoms with E-state index in [2.05, 4.69) is 56.5 Å². The SMILES string of the molecule is CCCCc1c(-c2ccc(C)cc2)c(C(N)=O)c(C)n1CCC(C)C. The highest BCUT2D eigenvalue weighted by atomic mass is 16.1. The molecule has 1 aromatic heterocycles. The maximum Gasteiger partial charge on any atom is 0.251 e. The van der Waals surface area contributed by atoms with Crippen molar-refractivity contribution < 1.29 is 4.79 Å². The van der Waals surface area contributed by atoms with E-state index in [1.165, 1.54) is 11.3 Å². The van der Waals surface area contributed by atoms with Crippen molar-refractivity contribution in [3.05, 3.63) is 46.8 Å². The average molecular weight is 341 g/mol. The van der Waals surface area contributed by atoms with Gasteiger partial charge in [0.2, 0.25) is 0 Å². The maximum atomic E-state index is 12.3. The number of hydrogen-bond acceptors (Lipinski definition) is 1. The van der Waals surface area contributed by atoms with Crippen molar-refractivity contribution in [2.75, 3.05) is 0 Å². The van der Waals surface area contributed by atoms with E-state index in [0.717, 1.165) is 49.0 Å². The van der Waals surface area contributed by atoms with Gasteiger partial charge in [-0.25, -0.2) is 0 Å². The van der Waals surface area contributed by atoms with Gasteiger partial charge in [0.15, 0.2) is 0 Å². The van der Waals surface area contributed by atoms with E-state index in [0.29, 0.717) is 11.5 Å². The van der Waals surface area contributed by atoms with Gasteiger partial charge in [0.05, 0.1) is 5.56 Å². The molecule has 1 aromatic carbocycles. The molecule has 0 radical (unpaired) electrons. The minimum absolute atomic E-state index is 0.325. The fourth-order valence-corrected chi connectivity index (χ4v) is 3.42. The number of aromatic nitrogens is 1. The van der Waals surface area contributed by atoms with Crippen LogP contribution in [0.1, 0.15) is 67.3 Å². The molecule has 0 bridgehead atoms. The van der Waals surface area contributed by atoms with E-state index in [1.807, 2.05) is 6.92 Å². The topological polar surface area (TPSA) is 48.0 Å². The van der Waals surface area contributed by atoms with Crippen LogP contribution in [0.2, 0.25) is 0 Å². The summed E-state index contributed by atoms with van der Waals surface area (Å²) in [5.74, 6) is 0.301. The first-order valence-corrected chi connectivity index (χ1v) is 9.45. The molecule has 136 valence electrons. The summed E-state index contributed by atoms with van der Waals surface area (Å²) in [6.45, 7) is 11.7. The van der Waals surface area contributed by atoms with Gasteiger partial charge in [-0.1, -0.05) is 57.0 Å². The molecule has 0 saturated carbocycles. The number of unbranched alkanes of at least 4 members (excludes halogenated alkanes) is 1. The van der Waals surface area contributed by atoms with E-state index in [1.54, 1.807) is 0 Å². The van der Waals surface area contributed by atoms with Crippen molar-refractivity contribution in [2.45, 2.75) is 66.8 Å². The number of nitrogens with zero attached hydrogens (tertiary/aromatic N) is 1. The van der Waals surface area contributed by atoms with Crippen LogP contribution in [0.3, 0.4) is 0 Å². The molecule has 2 aromatic rings. The minimum atomic E-state index is -0.325. The van der Waals surface area contributed by atoms with Crippen molar-refractivity contribution in [2.24, 2.45) is 11.7 Å². The molecule has 0 aliphatic carbocycles. The third-order valence-corrected chi connectivity index (χ3v) is 4.91. The molecule has 2 N–H and O–H groups in total. The number of rotatable bonds is 8. The van der Waals surface area contributed by atoms with Gasteiger partial charge in [0.1, 0.15) is 0 Å². The van der Waals surface area contributed by atoms with Crippen LogP contribution in [0.15, 0.2) is 24.3 Å². The standard InChI is InChI=1S/C22H32N2O/c1-6-7-8-19-21(18-11-9-16(4)10-12-18)20(22(23)25)17(5)24(19)14-13-15(2)3/h9-12,15H,6-8,13-14H2,1-5H3,(H2,23,25). The van der Waals surface area contributed by atoms with Crippen LogP contribution in [0.25, 0.3) is 11.1 Å². The molecule has 0 spiro atoms. The largest absolute Gasteiger partial charge is 0.366 e. The van der Waals surface area contributed by atoms with Crippen LogP contribution in [0.4, 0.5) is 0 Å². The highest BCUT2D eigenvalue weighted by Crippen LogP contribution is 2.34. The van der Waals surface area contributed by atoms with Gasteiger partial charge in [-0.2, -0.15) is 0 Å². The van der Waals surface area contributed by atoms with Crippen LogP contribution in [0.5, 0.6) is 0 Å². The zero-order valence-corrected chi connectivity index (χ0v) is 16.4. The highest BCUT2D eigenvalue weighted by molar-refractivity contribution is 6.02. The molecule has 3 heteroatoms. The molecule has 0 fully saturated rings. The van der Waals surface area contributed by atoms with E-state index in [4.69, 9.17) is 5.73 Å². The zero-order valence-electron chi connectivity index (χ0n) is 16.4. The molecule has 1 heterocycles. The minimum Gasteiger partial charge on any atom is -0.366 e. The monoisotopic (exact) mass is 340 g/mol. The van der Waals surface area contributed by atoms with Crippen molar-refractivity contribution in [3.8, 4) is 11.1 Å². The average Bonchev–Trinajstić information content (AvgIpc) is 2.83. The Morgan fingerprint density at radius 1 is 1.16 bits per heavy atom. The van der Waals surface area contributed by atoms with Crippen molar-refractivity contribution in [1.82, 2.24) is 4.57 Å². The van der Waals surface area contributed by atoms with Crippen molar-refractivity contribution >= 4 is 5.91 Å². The Morgan fingerprint density at radius 3 is 2.32 bits per heavy atom. The number of benzene rings is 1. The Morgan fingerprint density at radius 2 is 1.80 bits per heavy atom. The van der Waals surface area contributed by atoms with Gasteiger partial charge in [0.25, 0.3) is 5.91 Å². The summed E-state index contributed by atoms with van der Waals surface area (Å²) in [7, 11) is 0. The molecule has 3 nitrogen and oxygen atoms in total. The summed E-state index contributed by atoms with van der Waals surface area (Å²) in [4.78, 5) is 12.3. The van der Waals surface area contributed by atoms with Crippen LogP contribution < -0.4 is 5.73 Å². The number of nitrogens with two attached hydrogens (primary N) is 1. The van der Waals surface area contributed by atoms with E-state index >= 15 is 0 Å². The molecule has 0 aliphatic rings. The molecular formula is C22H32N2O. The Balaban J connectivity index is 2.65. The lowest BCUT2D eigenvalue weighted by molar-refractivity contribution is 0.1000. The van der Waals surface area contributed by atoms with Gasteiger partial charge < -0.3 is 10.3 Å². The zero-order chi connectivity index (χ0) is 18.6. The maximum absolute atomic E-state index is 12.3. The fraction of sp³-hybridized carbons (Fsp3) is 0.500. The fourth-order valence-electron chi connectivity index (χ4n) is 3.42. The lowest BCUT2D eigenvalue weighted by Crippen LogP contribution is -2.13. The molecule has 1 amide bonds. The summed E-state index contributed by atoms with van der Waals surface area (Å²) in [6, 6.07) is 8.42. The van der Waals surface area contributed by atoms with Crippen LogP contribution >= 0.6 is 0 Å². The third-order valence-electron chi connectivity index (χ3n) is 4.91. The van der Waals surface area contributed by atoms with E-state index < -0.39 is 0 Å². The summed E-state index contributed by atoms with van der Waals surface area (Å²) in [5, 5.41) is 0. The predicted octanol–water partition coefficient (Wildman–Crippen LogP) is 5.26. The Bertz CT molecular complexity index is 723. The smallest absolute Gasteiger partial charge is 0.251 e. The number of amides is 1. The number of aryl methyl sites for hydroxylation is 1. The quantitative estimate of drug-likeness (QED) is 0.700. The molecule has 0 atom stereocenters. The number of carbonyl (C=O) groups is 1. The highest BCUT2D eigenvalue weighted by Gasteiger charge is 2.24. The van der Waals surface area contributed by atoms with Gasteiger partial charge in [-0.05, 0) is 44.6 Å². The molecule has 2 rings (SSSR count). The lowest BCUT2D eigenvalue weighted by atomic mass is 9.97. The summed E-state index contributed by atoms with van der Waals surface area (Å²) in [5.41, 5.74) is 12.1. The van der Waals surface area contributed by atoms with Gasteiger partial charge in [-0.15, -0.1) is 0 Å². The third kappa shape index (κ3) is 4.33. The Kier molecular flexibility index (Phi) is 6.46. The van der Waals surface area contributed by atoms with Crippen molar-refractivity contribution in [1.29, 1.82) is 0 Å². The summed E-state index contributed by atoms with van der Waals surface area (Å²) >= 11 is 0. The molecule has 0 aliphatic heterocycles. The van der Waals surface area contributed by atoms with Gasteiger partial charge in [-0.3, -0.25) is 4.79 Å². The van der Waals surface area contributed by atoms with Crippen molar-refractivity contribution in [3.63, 3.8) is 0 Å². The normalized spacial score (nSPS) is 11.3. The Labute approximate surface area is 152 Å². The summed E-state index contributed by atoms with van der Waals surface area (Å²) in [6.07, 6.45) is 4.32. The van der Waals surface area contributed by atoms with Gasteiger partial charge in [0, 0.05) is 23.5 Å². The lowest BCUT2D eigenvalue weighted by Gasteiger charge is -2.14. The second-order valence-corrected chi connectivity index (χ2v) is 7.45. The second kappa shape index (κ2) is 8.37. The first-order chi connectivity index (χ1) is 11.9. The number of primary amides is 1. The van der Waals surface area contributed by atoms with Gasteiger partial charge >= 0.3 is 0 Å². The molecule has 25 heavy (non-hydrogen) atoms. The summed E-state index contributed by atoms with van der Waals surface area (Å²) < 4.78 is 2.34. The van der Waals surface area contributed by atoms with Crippen LogP contribution in [-0.4, -0.2) is 10.5 Å². The Hall–Kier alpha value is -2.03. The second-order valence-electron chi connectivity index (χ2n) is 7.45. The molecule has 0 unspecified atom stereocenters. The molecular weight excluding hydrogens is 308 g/mol.